The Morgan fingerprint density at radius 2 is 1.81 bits per heavy atom. The van der Waals surface area contributed by atoms with E-state index in [0.29, 0.717) is 9.23 Å². The summed E-state index contributed by atoms with van der Waals surface area (Å²) in [5.74, 6) is 0.883. The monoisotopic (exact) mass is 531 g/mol. The van der Waals surface area contributed by atoms with Crippen LogP contribution in [0.15, 0.2) is 65.7 Å². The van der Waals surface area contributed by atoms with E-state index in [9.17, 15) is 4.79 Å². The molecule has 1 aromatic heterocycles. The lowest BCUT2D eigenvalue weighted by molar-refractivity contribution is -0.123. The molecule has 0 bridgehead atoms. The van der Waals surface area contributed by atoms with Gasteiger partial charge in [-0.1, -0.05) is 81.2 Å². The number of unbranched alkanes of at least 4 members (excludes halogenated alkanes) is 3. The molecule has 0 N–H and O–H groups in total. The standard InChI is InChI=1S/C30H33N3O2S2/c1-2-3-4-10-19-35-26-17-15-22(16-18-26)28-23(21-32(31-28)24-11-6-5-7-12-24)20-27-29(34)33(30(36)37-27)25-13-8-9-14-25/h5-7,11-12,15-18,20-21,25H,2-4,8-10,13-14,19H2,1H3/b27-20-. The molecular weight excluding hydrogens is 498 g/mol. The van der Waals surface area contributed by atoms with Gasteiger partial charge in [0.25, 0.3) is 5.91 Å². The van der Waals surface area contributed by atoms with Gasteiger partial charge in [0.1, 0.15) is 10.1 Å². The average molecular weight is 532 g/mol. The molecule has 3 aromatic rings. The molecule has 0 spiro atoms. The van der Waals surface area contributed by atoms with E-state index in [1.807, 2.05) is 76.5 Å². The van der Waals surface area contributed by atoms with Crippen molar-refractivity contribution in [3.8, 4) is 22.7 Å². The van der Waals surface area contributed by atoms with E-state index in [4.69, 9.17) is 22.1 Å². The van der Waals surface area contributed by atoms with Crippen LogP contribution in [0.25, 0.3) is 23.0 Å². The lowest BCUT2D eigenvalue weighted by Gasteiger charge is -2.21. The van der Waals surface area contributed by atoms with E-state index in [0.717, 1.165) is 67.0 Å². The van der Waals surface area contributed by atoms with Gasteiger partial charge in [-0.05, 0) is 61.7 Å². The minimum Gasteiger partial charge on any atom is -0.494 e. The van der Waals surface area contributed by atoms with Crippen LogP contribution in [0, 0.1) is 0 Å². The van der Waals surface area contributed by atoms with Crippen molar-refractivity contribution in [3.63, 3.8) is 0 Å². The normalized spacial score (nSPS) is 17.3. The van der Waals surface area contributed by atoms with Crippen molar-refractivity contribution in [2.75, 3.05) is 6.61 Å². The van der Waals surface area contributed by atoms with Crippen LogP contribution in [0.4, 0.5) is 0 Å². The topological polar surface area (TPSA) is 47.4 Å². The number of para-hydroxylation sites is 1. The summed E-state index contributed by atoms with van der Waals surface area (Å²) in [6.45, 7) is 2.94. The van der Waals surface area contributed by atoms with E-state index in [2.05, 4.69) is 6.92 Å². The Kier molecular flexibility index (Phi) is 8.41. The van der Waals surface area contributed by atoms with Gasteiger partial charge in [-0.2, -0.15) is 5.10 Å². The second-order valence-electron chi connectivity index (χ2n) is 9.64. The van der Waals surface area contributed by atoms with Crippen LogP contribution in [0.3, 0.4) is 0 Å². The highest BCUT2D eigenvalue weighted by atomic mass is 32.2. The molecule has 192 valence electrons. The lowest BCUT2D eigenvalue weighted by Crippen LogP contribution is -2.36. The number of nitrogens with zero attached hydrogens (tertiary/aromatic N) is 3. The SMILES string of the molecule is CCCCCCOc1ccc(-c2nn(-c3ccccc3)cc2/C=C2\SC(=S)N(C3CCCC3)C2=O)cc1. The zero-order valence-electron chi connectivity index (χ0n) is 21.3. The summed E-state index contributed by atoms with van der Waals surface area (Å²) in [5, 5.41) is 4.92. The second kappa shape index (κ2) is 12.1. The van der Waals surface area contributed by atoms with Crippen molar-refractivity contribution in [2.24, 2.45) is 0 Å². The van der Waals surface area contributed by atoms with Gasteiger partial charge in [0, 0.05) is 23.4 Å². The van der Waals surface area contributed by atoms with Crippen molar-refractivity contribution in [2.45, 2.75) is 64.3 Å². The van der Waals surface area contributed by atoms with Gasteiger partial charge in [0.15, 0.2) is 0 Å². The van der Waals surface area contributed by atoms with Gasteiger partial charge >= 0.3 is 0 Å². The number of rotatable bonds is 10. The highest BCUT2D eigenvalue weighted by Crippen LogP contribution is 2.39. The molecule has 1 amide bonds. The molecule has 5 rings (SSSR count). The summed E-state index contributed by atoms with van der Waals surface area (Å²) in [7, 11) is 0. The molecule has 5 nitrogen and oxygen atoms in total. The summed E-state index contributed by atoms with van der Waals surface area (Å²) in [5.41, 5.74) is 3.66. The number of amides is 1. The third-order valence-electron chi connectivity index (χ3n) is 6.96. The first kappa shape index (κ1) is 25.7. The number of thioether (sulfide) groups is 1. The number of thiocarbonyl (C=S) groups is 1. The van der Waals surface area contributed by atoms with E-state index in [-0.39, 0.29) is 11.9 Å². The number of aromatic nitrogens is 2. The molecular formula is C30H33N3O2S2. The maximum Gasteiger partial charge on any atom is 0.266 e. The molecule has 2 aliphatic rings. The quantitative estimate of drug-likeness (QED) is 0.153. The van der Waals surface area contributed by atoms with Crippen molar-refractivity contribution >= 4 is 40.3 Å². The summed E-state index contributed by atoms with van der Waals surface area (Å²) >= 11 is 7.02. The minimum atomic E-state index is 0.0205. The molecule has 2 heterocycles. The fourth-order valence-electron chi connectivity index (χ4n) is 4.96. The summed E-state index contributed by atoms with van der Waals surface area (Å²) in [6.07, 6.45) is 13.1. The van der Waals surface area contributed by atoms with Crippen LogP contribution in [0.2, 0.25) is 0 Å². The number of hydrogen-bond donors (Lipinski definition) is 0. The van der Waals surface area contributed by atoms with Crippen molar-refractivity contribution in [3.05, 3.63) is 71.3 Å². The van der Waals surface area contributed by atoms with Crippen LogP contribution in [-0.4, -0.2) is 37.6 Å². The van der Waals surface area contributed by atoms with Gasteiger partial charge in [-0.3, -0.25) is 9.69 Å². The zero-order chi connectivity index (χ0) is 25.6. The molecule has 7 heteroatoms. The van der Waals surface area contributed by atoms with Crippen LogP contribution in [-0.2, 0) is 4.79 Å². The molecule has 0 atom stereocenters. The molecule has 0 radical (unpaired) electrons. The fraction of sp³-hybridized carbons (Fsp3) is 0.367. The largest absolute Gasteiger partial charge is 0.494 e. The fourth-order valence-corrected chi connectivity index (χ4v) is 6.35. The van der Waals surface area contributed by atoms with E-state index < -0.39 is 0 Å². The van der Waals surface area contributed by atoms with Gasteiger partial charge in [0.05, 0.1) is 22.9 Å². The lowest BCUT2D eigenvalue weighted by atomic mass is 10.1. The van der Waals surface area contributed by atoms with E-state index in [1.54, 1.807) is 0 Å². The molecule has 0 unspecified atom stereocenters. The Morgan fingerprint density at radius 3 is 2.54 bits per heavy atom. The van der Waals surface area contributed by atoms with Crippen molar-refractivity contribution < 1.29 is 9.53 Å². The van der Waals surface area contributed by atoms with Gasteiger partial charge in [0.2, 0.25) is 0 Å². The first-order valence-corrected chi connectivity index (χ1v) is 14.5. The molecule has 2 fully saturated rings. The predicted octanol–water partition coefficient (Wildman–Crippen LogP) is 7.64. The Hall–Kier alpha value is -2.90. The minimum absolute atomic E-state index is 0.0205. The van der Waals surface area contributed by atoms with E-state index in [1.165, 1.54) is 31.0 Å². The number of carbonyl (C=O) groups is 1. The Balaban J connectivity index is 1.42. The van der Waals surface area contributed by atoms with Crippen LogP contribution < -0.4 is 4.74 Å². The number of benzene rings is 2. The third-order valence-corrected chi connectivity index (χ3v) is 8.29. The van der Waals surface area contributed by atoms with Crippen LogP contribution in [0.5, 0.6) is 5.75 Å². The zero-order valence-corrected chi connectivity index (χ0v) is 22.9. The first-order valence-electron chi connectivity index (χ1n) is 13.3. The molecule has 2 aromatic carbocycles. The first-order chi connectivity index (χ1) is 18.1. The average Bonchev–Trinajstić information content (AvgIpc) is 3.65. The maximum atomic E-state index is 13.3. The van der Waals surface area contributed by atoms with Gasteiger partial charge in [-0.15, -0.1) is 0 Å². The highest BCUT2D eigenvalue weighted by molar-refractivity contribution is 8.26. The molecule has 1 saturated heterocycles. The van der Waals surface area contributed by atoms with Crippen molar-refractivity contribution in [1.29, 1.82) is 0 Å². The molecule has 1 aliphatic carbocycles. The molecule has 1 saturated carbocycles. The predicted molar refractivity (Wildman–Crippen MR) is 156 cm³/mol. The summed E-state index contributed by atoms with van der Waals surface area (Å²) in [6, 6.07) is 18.3. The van der Waals surface area contributed by atoms with Crippen molar-refractivity contribution in [1.82, 2.24) is 14.7 Å². The van der Waals surface area contributed by atoms with Crippen LogP contribution in [0.1, 0.15) is 63.9 Å². The summed E-state index contributed by atoms with van der Waals surface area (Å²) < 4.78 is 8.48. The highest BCUT2D eigenvalue weighted by Gasteiger charge is 2.38. The number of hydrogen-bond acceptors (Lipinski definition) is 5. The maximum absolute atomic E-state index is 13.3. The number of ether oxygens (including phenoxy) is 1. The Morgan fingerprint density at radius 1 is 1.05 bits per heavy atom. The summed E-state index contributed by atoms with van der Waals surface area (Å²) in [4.78, 5) is 15.9. The second-order valence-corrected chi connectivity index (χ2v) is 11.3. The smallest absolute Gasteiger partial charge is 0.266 e. The van der Waals surface area contributed by atoms with Gasteiger partial charge in [-0.25, -0.2) is 4.68 Å². The van der Waals surface area contributed by atoms with E-state index >= 15 is 0 Å². The third kappa shape index (κ3) is 5.99. The Bertz CT molecular complexity index is 1260. The Labute approximate surface area is 228 Å². The van der Waals surface area contributed by atoms with Gasteiger partial charge < -0.3 is 4.74 Å². The molecule has 37 heavy (non-hydrogen) atoms. The molecule has 1 aliphatic heterocycles. The number of carbonyl (C=O) groups excluding carboxylic acids is 1. The van der Waals surface area contributed by atoms with Crippen LogP contribution >= 0.6 is 24.0 Å².